The highest BCUT2D eigenvalue weighted by Crippen LogP contribution is 2.19. The Morgan fingerprint density at radius 3 is 2.83 bits per heavy atom. The van der Waals surface area contributed by atoms with Crippen molar-refractivity contribution in [1.29, 1.82) is 0 Å². The van der Waals surface area contributed by atoms with Crippen LogP contribution in [-0.4, -0.2) is 30.1 Å². The number of nitrogens with zero attached hydrogens (tertiary/aromatic N) is 1. The summed E-state index contributed by atoms with van der Waals surface area (Å²) in [4.78, 5) is 16.7. The van der Waals surface area contributed by atoms with Gasteiger partial charge in [0.1, 0.15) is 11.6 Å². The first-order valence-corrected chi connectivity index (χ1v) is 7.58. The number of hydrogen-bond donors (Lipinski definition) is 2. The lowest BCUT2D eigenvalue weighted by molar-refractivity contribution is 0.0697. The summed E-state index contributed by atoms with van der Waals surface area (Å²) in [6.45, 7) is 1.32. The van der Waals surface area contributed by atoms with Crippen molar-refractivity contribution in [2.24, 2.45) is 0 Å². The van der Waals surface area contributed by atoms with Crippen LogP contribution >= 0.6 is 0 Å². The van der Waals surface area contributed by atoms with E-state index in [9.17, 15) is 9.18 Å². The summed E-state index contributed by atoms with van der Waals surface area (Å²) in [5, 5.41) is 5.99. The van der Waals surface area contributed by atoms with E-state index in [1.165, 1.54) is 12.1 Å². The second-order valence-corrected chi connectivity index (χ2v) is 5.40. The average Bonchev–Trinajstić information content (AvgIpc) is 2.56. The molecule has 1 saturated heterocycles. The van der Waals surface area contributed by atoms with Crippen molar-refractivity contribution in [1.82, 2.24) is 10.3 Å². The van der Waals surface area contributed by atoms with Gasteiger partial charge in [0.15, 0.2) is 0 Å². The van der Waals surface area contributed by atoms with Crippen LogP contribution in [0.5, 0.6) is 0 Å². The van der Waals surface area contributed by atoms with Crippen molar-refractivity contribution in [2.75, 3.05) is 18.5 Å². The number of anilines is 2. The number of ether oxygens (including phenoxy) is 1. The minimum atomic E-state index is -0.348. The molecule has 5 nitrogen and oxygen atoms in total. The lowest BCUT2D eigenvalue weighted by Crippen LogP contribution is -2.39. The quantitative estimate of drug-likeness (QED) is 0.910. The number of carbonyl (C=O) groups excluding carboxylic acids is 1. The standard InChI is InChI=1S/C17H18FN3O2/c18-12-3-1-4-14(11-12)20-16-15(5-2-8-19-16)17(22)21-13-6-9-23-10-7-13/h1-5,8,11,13H,6-7,9-10H2,(H,19,20)(H,21,22). The van der Waals surface area contributed by atoms with Crippen LogP contribution in [0.1, 0.15) is 23.2 Å². The van der Waals surface area contributed by atoms with E-state index in [0.717, 1.165) is 12.8 Å². The van der Waals surface area contributed by atoms with Gasteiger partial charge in [0.25, 0.3) is 5.91 Å². The topological polar surface area (TPSA) is 63.2 Å². The summed E-state index contributed by atoms with van der Waals surface area (Å²) in [5.41, 5.74) is 0.979. The van der Waals surface area contributed by atoms with Crippen molar-refractivity contribution in [3.63, 3.8) is 0 Å². The van der Waals surface area contributed by atoms with Crippen LogP contribution in [0.3, 0.4) is 0 Å². The van der Waals surface area contributed by atoms with E-state index < -0.39 is 0 Å². The first kappa shape index (κ1) is 15.4. The Morgan fingerprint density at radius 1 is 1.22 bits per heavy atom. The maximum atomic E-state index is 13.3. The lowest BCUT2D eigenvalue weighted by atomic mass is 10.1. The smallest absolute Gasteiger partial charge is 0.255 e. The third kappa shape index (κ3) is 4.04. The van der Waals surface area contributed by atoms with Crippen molar-refractivity contribution in [3.8, 4) is 0 Å². The molecule has 0 aliphatic carbocycles. The van der Waals surface area contributed by atoms with Crippen LogP contribution in [0, 0.1) is 5.82 Å². The fourth-order valence-corrected chi connectivity index (χ4v) is 2.50. The molecule has 0 unspecified atom stereocenters. The minimum Gasteiger partial charge on any atom is -0.381 e. The highest BCUT2D eigenvalue weighted by molar-refractivity contribution is 5.99. The summed E-state index contributed by atoms with van der Waals surface area (Å²) in [6, 6.07) is 9.55. The largest absolute Gasteiger partial charge is 0.381 e. The normalized spacial score (nSPS) is 15.2. The SMILES string of the molecule is O=C(NC1CCOCC1)c1cccnc1Nc1cccc(F)c1. The number of carbonyl (C=O) groups is 1. The molecule has 1 amide bonds. The monoisotopic (exact) mass is 315 g/mol. The van der Waals surface area contributed by atoms with Gasteiger partial charge < -0.3 is 15.4 Å². The summed E-state index contributed by atoms with van der Waals surface area (Å²) in [5.74, 6) is -0.134. The van der Waals surface area contributed by atoms with Crippen LogP contribution in [-0.2, 0) is 4.74 Å². The van der Waals surface area contributed by atoms with Gasteiger partial charge in [-0.3, -0.25) is 4.79 Å². The fourth-order valence-electron chi connectivity index (χ4n) is 2.50. The third-order valence-corrected chi connectivity index (χ3v) is 3.70. The molecule has 2 aromatic rings. The average molecular weight is 315 g/mol. The maximum absolute atomic E-state index is 13.3. The van der Waals surface area contributed by atoms with Crippen molar-refractivity contribution >= 4 is 17.4 Å². The molecule has 2 N–H and O–H groups in total. The number of pyridine rings is 1. The van der Waals surface area contributed by atoms with Gasteiger partial charge in [0, 0.05) is 31.1 Å². The van der Waals surface area contributed by atoms with Crippen LogP contribution in [0.4, 0.5) is 15.9 Å². The first-order valence-electron chi connectivity index (χ1n) is 7.58. The molecule has 120 valence electrons. The number of rotatable bonds is 4. The second-order valence-electron chi connectivity index (χ2n) is 5.40. The molecule has 6 heteroatoms. The molecule has 0 radical (unpaired) electrons. The van der Waals surface area contributed by atoms with Gasteiger partial charge >= 0.3 is 0 Å². The molecular weight excluding hydrogens is 297 g/mol. The van der Waals surface area contributed by atoms with E-state index in [0.29, 0.717) is 30.3 Å². The van der Waals surface area contributed by atoms with E-state index >= 15 is 0 Å². The molecule has 0 spiro atoms. The predicted molar refractivity (Wildman–Crippen MR) is 85.2 cm³/mol. The van der Waals surface area contributed by atoms with Gasteiger partial charge in [-0.15, -0.1) is 0 Å². The van der Waals surface area contributed by atoms with Gasteiger partial charge in [-0.2, -0.15) is 0 Å². The molecule has 23 heavy (non-hydrogen) atoms. The first-order chi connectivity index (χ1) is 11.2. The second kappa shape index (κ2) is 7.19. The van der Waals surface area contributed by atoms with Crippen LogP contribution < -0.4 is 10.6 Å². The number of nitrogens with one attached hydrogen (secondary N) is 2. The van der Waals surface area contributed by atoms with E-state index in [4.69, 9.17) is 4.74 Å². The summed E-state index contributed by atoms with van der Waals surface area (Å²) in [7, 11) is 0. The van der Waals surface area contributed by atoms with E-state index in [1.54, 1.807) is 30.5 Å². The van der Waals surface area contributed by atoms with E-state index in [2.05, 4.69) is 15.6 Å². The molecule has 1 aromatic heterocycles. The number of halogens is 1. The summed E-state index contributed by atoms with van der Waals surface area (Å²) >= 11 is 0. The molecule has 3 rings (SSSR count). The Morgan fingerprint density at radius 2 is 2.04 bits per heavy atom. The molecule has 1 aliphatic heterocycles. The van der Waals surface area contributed by atoms with E-state index in [-0.39, 0.29) is 17.8 Å². The highest BCUT2D eigenvalue weighted by atomic mass is 19.1. The number of amides is 1. The van der Waals surface area contributed by atoms with E-state index in [1.807, 2.05) is 0 Å². The Labute approximate surface area is 133 Å². The molecule has 0 atom stereocenters. The molecule has 1 aliphatic rings. The van der Waals surface area contributed by atoms with Crippen LogP contribution in [0.15, 0.2) is 42.6 Å². The zero-order valence-corrected chi connectivity index (χ0v) is 12.6. The van der Waals surface area contributed by atoms with Gasteiger partial charge in [-0.05, 0) is 43.2 Å². The van der Waals surface area contributed by atoms with Crippen molar-refractivity contribution in [3.05, 3.63) is 54.0 Å². The zero-order chi connectivity index (χ0) is 16.1. The van der Waals surface area contributed by atoms with Gasteiger partial charge in [-0.1, -0.05) is 6.07 Å². The van der Waals surface area contributed by atoms with Gasteiger partial charge in [0.05, 0.1) is 5.56 Å². The summed E-state index contributed by atoms with van der Waals surface area (Å²) < 4.78 is 18.6. The molecule has 1 aromatic carbocycles. The molecular formula is C17H18FN3O2. The Balaban J connectivity index is 1.75. The highest BCUT2D eigenvalue weighted by Gasteiger charge is 2.19. The van der Waals surface area contributed by atoms with Crippen molar-refractivity contribution < 1.29 is 13.9 Å². The number of aromatic nitrogens is 1. The Hall–Kier alpha value is -2.47. The fraction of sp³-hybridized carbons (Fsp3) is 0.294. The Kier molecular flexibility index (Phi) is 4.83. The Bertz CT molecular complexity index is 687. The molecule has 0 saturated carbocycles. The molecule has 1 fully saturated rings. The minimum absolute atomic E-state index is 0.110. The predicted octanol–water partition coefficient (Wildman–Crippen LogP) is 2.87. The number of hydrogen-bond acceptors (Lipinski definition) is 4. The maximum Gasteiger partial charge on any atom is 0.255 e. The third-order valence-electron chi connectivity index (χ3n) is 3.70. The molecule has 0 bridgehead atoms. The van der Waals surface area contributed by atoms with Crippen molar-refractivity contribution in [2.45, 2.75) is 18.9 Å². The van der Waals surface area contributed by atoms with Gasteiger partial charge in [0.2, 0.25) is 0 Å². The van der Waals surface area contributed by atoms with Crippen LogP contribution in [0.2, 0.25) is 0 Å². The lowest BCUT2D eigenvalue weighted by Gasteiger charge is -2.23. The molecule has 2 heterocycles. The van der Waals surface area contributed by atoms with Gasteiger partial charge in [-0.25, -0.2) is 9.37 Å². The van der Waals surface area contributed by atoms with Crippen LogP contribution in [0.25, 0.3) is 0 Å². The summed E-state index contributed by atoms with van der Waals surface area (Å²) in [6.07, 6.45) is 3.20. The zero-order valence-electron chi connectivity index (χ0n) is 12.6. The number of benzene rings is 1.